The number of benzene rings is 1. The Balaban J connectivity index is 2.38. The third-order valence-electron chi connectivity index (χ3n) is 2.41. The summed E-state index contributed by atoms with van der Waals surface area (Å²) in [6, 6.07) is 7.23. The molecule has 0 aliphatic heterocycles. The maximum Gasteiger partial charge on any atom is 0.223 e. The summed E-state index contributed by atoms with van der Waals surface area (Å²) >= 11 is 11.6. The first-order valence-corrected chi connectivity index (χ1v) is 6.38. The molecule has 1 heterocycles. The Morgan fingerprint density at radius 3 is 2.75 bits per heavy atom. The van der Waals surface area contributed by atoms with E-state index in [-0.39, 0.29) is 11.7 Å². The third-order valence-corrected chi connectivity index (χ3v) is 2.87. The molecule has 0 aliphatic carbocycles. The fourth-order valence-corrected chi connectivity index (χ4v) is 1.82. The molecule has 20 heavy (non-hydrogen) atoms. The maximum atomic E-state index is 11.0. The number of hydrogen-bond donors (Lipinski definition) is 1. The molecule has 1 aromatic carbocycles. The van der Waals surface area contributed by atoms with E-state index < -0.39 is 5.91 Å². The minimum Gasteiger partial charge on any atom is -0.369 e. The van der Waals surface area contributed by atoms with Crippen LogP contribution in [0, 0.1) is 11.8 Å². The van der Waals surface area contributed by atoms with Crippen molar-refractivity contribution in [2.45, 2.75) is 6.42 Å². The normalized spacial score (nSPS) is 9.70. The Bertz CT molecular complexity index is 720. The van der Waals surface area contributed by atoms with Crippen LogP contribution in [0.4, 0.5) is 0 Å². The number of carbonyl (C=O) groups excluding carboxylic acids is 1. The minimum atomic E-state index is -0.414. The topological polar surface area (TPSA) is 68.9 Å². The van der Waals surface area contributed by atoms with Gasteiger partial charge in [-0.1, -0.05) is 35.7 Å². The van der Waals surface area contributed by atoms with Crippen LogP contribution < -0.4 is 5.73 Å². The van der Waals surface area contributed by atoms with Crippen molar-refractivity contribution in [3.8, 4) is 11.8 Å². The van der Waals surface area contributed by atoms with Gasteiger partial charge in [0.15, 0.2) is 0 Å². The second-order valence-corrected chi connectivity index (χ2v) is 4.63. The maximum absolute atomic E-state index is 11.0. The SMILES string of the molecule is NC(=O)Cc1ccccc1C#Cc1nc(Cl)ncc1Cl. The van der Waals surface area contributed by atoms with Crippen LogP contribution in [0.2, 0.25) is 10.3 Å². The molecule has 0 bridgehead atoms. The van der Waals surface area contributed by atoms with Crippen LogP contribution in [0.1, 0.15) is 16.8 Å². The predicted octanol–water partition coefficient (Wildman–Crippen LogP) is 2.21. The van der Waals surface area contributed by atoms with Crippen LogP contribution in [0.15, 0.2) is 30.5 Å². The van der Waals surface area contributed by atoms with E-state index in [1.807, 2.05) is 12.1 Å². The molecule has 1 amide bonds. The molecule has 2 rings (SSSR count). The number of halogens is 2. The van der Waals surface area contributed by atoms with Gasteiger partial charge in [0.25, 0.3) is 0 Å². The van der Waals surface area contributed by atoms with E-state index >= 15 is 0 Å². The quantitative estimate of drug-likeness (QED) is 0.683. The van der Waals surface area contributed by atoms with Gasteiger partial charge in [0.2, 0.25) is 11.2 Å². The van der Waals surface area contributed by atoms with Crippen LogP contribution in [0.5, 0.6) is 0 Å². The molecule has 6 heteroatoms. The zero-order chi connectivity index (χ0) is 14.5. The number of nitrogens with two attached hydrogens (primary N) is 1. The lowest BCUT2D eigenvalue weighted by molar-refractivity contribution is -0.117. The van der Waals surface area contributed by atoms with E-state index in [1.54, 1.807) is 12.1 Å². The van der Waals surface area contributed by atoms with Gasteiger partial charge in [0, 0.05) is 5.56 Å². The van der Waals surface area contributed by atoms with Crippen LogP contribution in [0.3, 0.4) is 0 Å². The molecule has 1 aromatic heterocycles. The fourth-order valence-electron chi connectivity index (χ4n) is 1.54. The molecule has 100 valence electrons. The van der Waals surface area contributed by atoms with Gasteiger partial charge in [-0.25, -0.2) is 9.97 Å². The van der Waals surface area contributed by atoms with E-state index in [0.29, 0.717) is 16.3 Å². The van der Waals surface area contributed by atoms with Crippen molar-refractivity contribution in [2.75, 3.05) is 0 Å². The van der Waals surface area contributed by atoms with Crippen LogP contribution in [0.25, 0.3) is 0 Å². The molecular weight excluding hydrogens is 297 g/mol. The zero-order valence-electron chi connectivity index (χ0n) is 10.2. The first kappa shape index (κ1) is 14.3. The summed E-state index contributed by atoms with van der Waals surface area (Å²) in [4.78, 5) is 18.7. The molecule has 4 nitrogen and oxygen atoms in total. The molecule has 2 N–H and O–H groups in total. The van der Waals surface area contributed by atoms with Gasteiger partial charge < -0.3 is 5.73 Å². The van der Waals surface area contributed by atoms with Crippen LogP contribution in [-0.2, 0) is 11.2 Å². The Morgan fingerprint density at radius 1 is 1.25 bits per heavy atom. The van der Waals surface area contributed by atoms with Crippen molar-refractivity contribution < 1.29 is 4.79 Å². The number of nitrogens with zero attached hydrogens (tertiary/aromatic N) is 2. The molecular formula is C14H9Cl2N3O. The molecule has 0 spiro atoms. The molecule has 0 saturated carbocycles. The minimum absolute atomic E-state index is 0.0733. The smallest absolute Gasteiger partial charge is 0.223 e. The molecule has 2 aromatic rings. The summed E-state index contributed by atoms with van der Waals surface area (Å²) in [7, 11) is 0. The van der Waals surface area contributed by atoms with Gasteiger partial charge in [0.05, 0.1) is 17.6 Å². The number of rotatable bonds is 2. The van der Waals surface area contributed by atoms with Gasteiger partial charge in [-0.15, -0.1) is 0 Å². The second kappa shape index (κ2) is 6.38. The predicted molar refractivity (Wildman–Crippen MR) is 77.4 cm³/mol. The van der Waals surface area contributed by atoms with Crippen LogP contribution in [-0.4, -0.2) is 15.9 Å². The van der Waals surface area contributed by atoms with Gasteiger partial charge in [0.1, 0.15) is 5.69 Å². The van der Waals surface area contributed by atoms with E-state index in [1.165, 1.54) is 6.20 Å². The summed E-state index contributed by atoms with van der Waals surface area (Å²) < 4.78 is 0. The van der Waals surface area contributed by atoms with Crippen molar-refractivity contribution in [3.63, 3.8) is 0 Å². The van der Waals surface area contributed by atoms with Gasteiger partial charge >= 0.3 is 0 Å². The average Bonchev–Trinajstić information content (AvgIpc) is 2.41. The molecule has 0 saturated heterocycles. The highest BCUT2D eigenvalue weighted by molar-refractivity contribution is 6.32. The second-order valence-electron chi connectivity index (χ2n) is 3.89. The van der Waals surface area contributed by atoms with E-state index in [2.05, 4.69) is 21.8 Å². The monoisotopic (exact) mass is 305 g/mol. The number of amides is 1. The third kappa shape index (κ3) is 3.70. The highest BCUT2D eigenvalue weighted by Crippen LogP contribution is 2.14. The summed E-state index contributed by atoms with van der Waals surface area (Å²) in [5.41, 5.74) is 6.98. The average molecular weight is 306 g/mol. The van der Waals surface area contributed by atoms with Crippen molar-refractivity contribution in [1.82, 2.24) is 9.97 Å². The van der Waals surface area contributed by atoms with Crippen LogP contribution >= 0.6 is 23.2 Å². The molecule has 0 radical (unpaired) electrons. The Morgan fingerprint density at radius 2 is 2.00 bits per heavy atom. The fraction of sp³-hybridized carbons (Fsp3) is 0.0714. The Labute approximate surface area is 125 Å². The largest absolute Gasteiger partial charge is 0.369 e. The summed E-state index contributed by atoms with van der Waals surface area (Å²) in [6.07, 6.45) is 1.51. The summed E-state index contributed by atoms with van der Waals surface area (Å²) in [5, 5.41) is 0.387. The lowest BCUT2D eigenvalue weighted by atomic mass is 10.0. The Kier molecular flexibility index (Phi) is 4.57. The lowest BCUT2D eigenvalue weighted by Crippen LogP contribution is -2.14. The van der Waals surface area contributed by atoms with Crippen molar-refractivity contribution in [2.24, 2.45) is 5.73 Å². The molecule has 0 fully saturated rings. The van der Waals surface area contributed by atoms with Crippen molar-refractivity contribution in [1.29, 1.82) is 0 Å². The zero-order valence-corrected chi connectivity index (χ0v) is 11.7. The number of primary amides is 1. The number of aromatic nitrogens is 2. The van der Waals surface area contributed by atoms with Gasteiger partial charge in [-0.2, -0.15) is 0 Å². The van der Waals surface area contributed by atoms with E-state index in [4.69, 9.17) is 28.9 Å². The highest BCUT2D eigenvalue weighted by atomic mass is 35.5. The van der Waals surface area contributed by atoms with Crippen molar-refractivity contribution >= 4 is 29.1 Å². The number of hydrogen-bond acceptors (Lipinski definition) is 3. The summed E-state index contributed by atoms with van der Waals surface area (Å²) in [5.74, 6) is 5.31. The number of carbonyl (C=O) groups is 1. The standard InChI is InChI=1S/C14H9Cl2N3O/c15-11-8-18-14(16)19-12(11)6-5-9-3-1-2-4-10(9)7-13(17)20/h1-4,8H,7H2,(H2,17,20). The summed E-state index contributed by atoms with van der Waals surface area (Å²) in [6.45, 7) is 0. The molecule has 0 unspecified atom stereocenters. The first-order chi connectivity index (χ1) is 9.56. The Hall–Kier alpha value is -2.09. The van der Waals surface area contributed by atoms with Crippen molar-refractivity contribution in [3.05, 3.63) is 57.6 Å². The molecule has 0 aliphatic rings. The lowest BCUT2D eigenvalue weighted by Gasteiger charge is -2.01. The van der Waals surface area contributed by atoms with Gasteiger partial charge in [-0.3, -0.25) is 4.79 Å². The highest BCUT2D eigenvalue weighted by Gasteiger charge is 2.04. The molecule has 0 atom stereocenters. The van der Waals surface area contributed by atoms with Gasteiger partial charge in [-0.05, 0) is 29.2 Å². The van der Waals surface area contributed by atoms with E-state index in [9.17, 15) is 4.79 Å². The first-order valence-electron chi connectivity index (χ1n) is 5.62. The van der Waals surface area contributed by atoms with E-state index in [0.717, 1.165) is 5.56 Å².